The van der Waals surface area contributed by atoms with Crippen LogP contribution in [0.4, 0.5) is 0 Å². The van der Waals surface area contributed by atoms with Crippen molar-refractivity contribution in [2.45, 2.75) is 26.1 Å². The normalized spacial score (nSPS) is 16.9. The predicted octanol–water partition coefficient (Wildman–Crippen LogP) is 1.83. The molecule has 1 N–H and O–H groups in total. The van der Waals surface area contributed by atoms with E-state index in [1.165, 1.54) is 0 Å². The van der Waals surface area contributed by atoms with Gasteiger partial charge in [-0.25, -0.2) is 0 Å². The molecule has 1 saturated heterocycles. The van der Waals surface area contributed by atoms with Crippen molar-refractivity contribution in [3.63, 3.8) is 0 Å². The number of benzene rings is 1. The number of aryl methyl sites for hydroxylation is 1. The first kappa shape index (κ1) is 17.6. The Bertz CT molecular complexity index is 678. The SMILES string of the molecule is Cn1nc(COCc2ccccc2)cc1CC(=O)NCC1CCOC1. The van der Waals surface area contributed by atoms with Gasteiger partial charge in [0.15, 0.2) is 0 Å². The summed E-state index contributed by atoms with van der Waals surface area (Å²) in [5.74, 6) is 0.462. The summed E-state index contributed by atoms with van der Waals surface area (Å²) < 4.78 is 12.8. The molecular formula is C19H25N3O3. The van der Waals surface area contributed by atoms with E-state index < -0.39 is 0 Å². The molecule has 0 radical (unpaired) electrons. The zero-order chi connectivity index (χ0) is 17.5. The summed E-state index contributed by atoms with van der Waals surface area (Å²) >= 11 is 0. The van der Waals surface area contributed by atoms with Crippen LogP contribution in [0, 0.1) is 5.92 Å². The summed E-state index contributed by atoms with van der Waals surface area (Å²) in [6.07, 6.45) is 1.35. The molecule has 1 amide bonds. The van der Waals surface area contributed by atoms with Crippen molar-refractivity contribution in [2.24, 2.45) is 13.0 Å². The summed E-state index contributed by atoms with van der Waals surface area (Å²) in [5, 5.41) is 7.41. The third-order valence-corrected chi connectivity index (χ3v) is 4.34. The van der Waals surface area contributed by atoms with Crippen LogP contribution in [-0.2, 0) is 41.0 Å². The van der Waals surface area contributed by atoms with Gasteiger partial charge in [-0.3, -0.25) is 9.48 Å². The molecule has 25 heavy (non-hydrogen) atoms. The minimum atomic E-state index is 0.0200. The van der Waals surface area contributed by atoms with Crippen molar-refractivity contribution in [1.29, 1.82) is 0 Å². The molecule has 1 unspecified atom stereocenters. The molecular weight excluding hydrogens is 318 g/mol. The fraction of sp³-hybridized carbons (Fsp3) is 0.474. The topological polar surface area (TPSA) is 65.4 Å². The highest BCUT2D eigenvalue weighted by Crippen LogP contribution is 2.11. The van der Waals surface area contributed by atoms with Crippen LogP contribution >= 0.6 is 0 Å². The number of nitrogens with one attached hydrogen (secondary N) is 1. The minimum absolute atomic E-state index is 0.0200. The van der Waals surface area contributed by atoms with Crippen LogP contribution in [0.1, 0.15) is 23.4 Å². The van der Waals surface area contributed by atoms with Gasteiger partial charge in [0.05, 0.1) is 31.9 Å². The monoisotopic (exact) mass is 343 g/mol. The van der Waals surface area contributed by atoms with Crippen molar-refractivity contribution >= 4 is 5.91 Å². The second-order valence-corrected chi connectivity index (χ2v) is 6.44. The number of carbonyl (C=O) groups excluding carboxylic acids is 1. The van der Waals surface area contributed by atoms with Gasteiger partial charge in [-0.1, -0.05) is 30.3 Å². The van der Waals surface area contributed by atoms with Crippen LogP contribution in [0.5, 0.6) is 0 Å². The number of hydrogen-bond donors (Lipinski definition) is 1. The van der Waals surface area contributed by atoms with Crippen LogP contribution in [-0.4, -0.2) is 35.4 Å². The van der Waals surface area contributed by atoms with Gasteiger partial charge in [0.2, 0.25) is 5.91 Å². The van der Waals surface area contributed by atoms with Crippen LogP contribution in [0.25, 0.3) is 0 Å². The fourth-order valence-electron chi connectivity index (χ4n) is 2.88. The largest absolute Gasteiger partial charge is 0.381 e. The molecule has 2 aromatic rings. The fourth-order valence-corrected chi connectivity index (χ4v) is 2.88. The molecule has 1 aromatic carbocycles. The zero-order valence-electron chi connectivity index (χ0n) is 14.6. The second kappa shape index (κ2) is 8.78. The Hall–Kier alpha value is -2.18. The molecule has 0 bridgehead atoms. The molecule has 0 aliphatic carbocycles. The molecule has 6 heteroatoms. The molecule has 6 nitrogen and oxygen atoms in total. The Labute approximate surface area is 148 Å². The Morgan fingerprint density at radius 3 is 2.96 bits per heavy atom. The Morgan fingerprint density at radius 1 is 1.36 bits per heavy atom. The Morgan fingerprint density at radius 2 is 2.20 bits per heavy atom. The van der Waals surface area contributed by atoms with E-state index in [0.29, 0.717) is 32.1 Å². The van der Waals surface area contributed by atoms with E-state index in [4.69, 9.17) is 9.47 Å². The summed E-state index contributed by atoms with van der Waals surface area (Å²) in [7, 11) is 1.86. The van der Waals surface area contributed by atoms with E-state index in [2.05, 4.69) is 10.4 Å². The molecule has 134 valence electrons. The number of nitrogens with zero attached hydrogens (tertiary/aromatic N) is 2. The predicted molar refractivity (Wildman–Crippen MR) is 93.8 cm³/mol. The maximum Gasteiger partial charge on any atom is 0.226 e. The van der Waals surface area contributed by atoms with Crippen molar-refractivity contribution in [1.82, 2.24) is 15.1 Å². The number of amides is 1. The standard InChI is InChI=1S/C19H25N3O3/c1-22-18(10-19(23)20-11-16-7-8-24-13-16)9-17(21-22)14-25-12-15-5-3-2-4-6-15/h2-6,9,16H,7-8,10-14H2,1H3,(H,20,23). The van der Waals surface area contributed by atoms with Crippen LogP contribution in [0.2, 0.25) is 0 Å². The van der Waals surface area contributed by atoms with Crippen LogP contribution in [0.3, 0.4) is 0 Å². The van der Waals surface area contributed by atoms with Crippen molar-refractivity contribution in [3.05, 3.63) is 53.3 Å². The van der Waals surface area contributed by atoms with Crippen LogP contribution in [0.15, 0.2) is 36.4 Å². The number of hydrogen-bond acceptors (Lipinski definition) is 4. The highest BCUT2D eigenvalue weighted by Gasteiger charge is 2.17. The number of ether oxygens (including phenoxy) is 2. The third kappa shape index (κ3) is 5.41. The van der Waals surface area contributed by atoms with Gasteiger partial charge < -0.3 is 14.8 Å². The lowest BCUT2D eigenvalue weighted by atomic mass is 10.1. The number of carbonyl (C=O) groups is 1. The molecule has 1 aliphatic rings. The molecule has 0 spiro atoms. The molecule has 0 saturated carbocycles. The van der Waals surface area contributed by atoms with E-state index in [-0.39, 0.29) is 5.91 Å². The van der Waals surface area contributed by atoms with Gasteiger partial charge in [-0.05, 0) is 18.1 Å². The van der Waals surface area contributed by atoms with E-state index in [9.17, 15) is 4.79 Å². The van der Waals surface area contributed by atoms with Crippen molar-refractivity contribution in [2.75, 3.05) is 19.8 Å². The van der Waals surface area contributed by atoms with E-state index >= 15 is 0 Å². The van der Waals surface area contributed by atoms with Crippen molar-refractivity contribution in [3.8, 4) is 0 Å². The average molecular weight is 343 g/mol. The first-order valence-corrected chi connectivity index (χ1v) is 8.68. The first-order chi connectivity index (χ1) is 12.2. The second-order valence-electron chi connectivity index (χ2n) is 6.44. The smallest absolute Gasteiger partial charge is 0.226 e. The van der Waals surface area contributed by atoms with Gasteiger partial charge in [-0.2, -0.15) is 5.10 Å². The lowest BCUT2D eigenvalue weighted by Gasteiger charge is -2.09. The van der Waals surface area contributed by atoms with Crippen LogP contribution < -0.4 is 5.32 Å². The first-order valence-electron chi connectivity index (χ1n) is 8.68. The van der Waals surface area contributed by atoms with Gasteiger partial charge in [0, 0.05) is 31.8 Å². The molecule has 2 heterocycles. The maximum absolute atomic E-state index is 12.1. The molecule has 1 aliphatic heterocycles. The quantitative estimate of drug-likeness (QED) is 0.794. The molecule has 1 atom stereocenters. The Balaban J connectivity index is 1.43. The molecule has 1 aromatic heterocycles. The van der Waals surface area contributed by atoms with Crippen molar-refractivity contribution < 1.29 is 14.3 Å². The summed E-state index contributed by atoms with van der Waals surface area (Å²) in [6, 6.07) is 12.0. The van der Waals surface area contributed by atoms with E-state index in [0.717, 1.165) is 36.6 Å². The minimum Gasteiger partial charge on any atom is -0.381 e. The highest BCUT2D eigenvalue weighted by molar-refractivity contribution is 5.78. The highest BCUT2D eigenvalue weighted by atomic mass is 16.5. The van der Waals surface area contributed by atoms with Gasteiger partial charge in [0.25, 0.3) is 0 Å². The van der Waals surface area contributed by atoms with E-state index in [1.807, 2.05) is 43.4 Å². The third-order valence-electron chi connectivity index (χ3n) is 4.34. The van der Waals surface area contributed by atoms with Gasteiger partial charge >= 0.3 is 0 Å². The molecule has 1 fully saturated rings. The average Bonchev–Trinajstić information content (AvgIpc) is 3.24. The summed E-state index contributed by atoms with van der Waals surface area (Å²) in [5.41, 5.74) is 2.86. The lowest BCUT2D eigenvalue weighted by Crippen LogP contribution is -2.31. The molecule has 3 rings (SSSR count). The summed E-state index contributed by atoms with van der Waals surface area (Å²) in [4.78, 5) is 12.1. The summed E-state index contributed by atoms with van der Waals surface area (Å²) in [6.45, 7) is 3.22. The number of rotatable bonds is 8. The van der Waals surface area contributed by atoms with Gasteiger partial charge in [-0.15, -0.1) is 0 Å². The lowest BCUT2D eigenvalue weighted by molar-refractivity contribution is -0.120. The number of aromatic nitrogens is 2. The maximum atomic E-state index is 12.1. The zero-order valence-corrected chi connectivity index (χ0v) is 14.6. The Kier molecular flexibility index (Phi) is 6.19. The van der Waals surface area contributed by atoms with Gasteiger partial charge in [0.1, 0.15) is 0 Å². The van der Waals surface area contributed by atoms with E-state index in [1.54, 1.807) is 4.68 Å².